The fraction of sp³-hybridized carbons (Fsp3) is 0.148. The molecule has 0 unspecified atom stereocenters. The molecule has 9 nitrogen and oxygen atoms in total. The first-order chi connectivity index (χ1) is 17.3. The zero-order valence-electron chi connectivity index (χ0n) is 20.7. The van der Waals surface area contributed by atoms with Gasteiger partial charge in [-0.2, -0.15) is 0 Å². The Hall–Kier alpha value is -4.79. The van der Waals surface area contributed by atoms with Crippen LogP contribution in [0.5, 0.6) is 0 Å². The summed E-state index contributed by atoms with van der Waals surface area (Å²) in [6, 6.07) is 20.5. The van der Waals surface area contributed by atoms with E-state index in [4.69, 9.17) is 21.9 Å². The maximum atomic E-state index is 7.72. The molecular formula is C27H29N9. The van der Waals surface area contributed by atoms with Crippen LogP contribution in [0.25, 0.3) is 44.5 Å². The molecule has 5 rings (SSSR count). The molecule has 0 amide bonds. The molecule has 5 aromatic rings. The van der Waals surface area contributed by atoms with Crippen LogP contribution < -0.4 is 21.3 Å². The quantitative estimate of drug-likeness (QED) is 0.228. The van der Waals surface area contributed by atoms with Crippen molar-refractivity contribution in [3.8, 4) is 22.5 Å². The number of aromatic amines is 1. The van der Waals surface area contributed by atoms with Gasteiger partial charge in [0, 0.05) is 62.2 Å². The molecule has 2 aromatic heterocycles. The van der Waals surface area contributed by atoms with Gasteiger partial charge < -0.3 is 30.8 Å². The first-order valence-electron chi connectivity index (χ1n) is 11.5. The van der Waals surface area contributed by atoms with E-state index < -0.39 is 0 Å². The minimum Gasteiger partial charge on any atom is -0.370 e. The van der Waals surface area contributed by atoms with Crippen molar-refractivity contribution in [1.29, 1.82) is 5.41 Å². The van der Waals surface area contributed by atoms with Crippen molar-refractivity contribution in [1.82, 2.24) is 14.5 Å². The maximum absolute atomic E-state index is 7.72. The number of hydrogen-bond acceptors (Lipinski definition) is 3. The van der Waals surface area contributed by atoms with Gasteiger partial charge in [0.25, 0.3) is 0 Å². The Morgan fingerprint density at radius 2 is 1.64 bits per heavy atom. The molecule has 36 heavy (non-hydrogen) atoms. The highest BCUT2D eigenvalue weighted by Crippen LogP contribution is 2.34. The summed E-state index contributed by atoms with van der Waals surface area (Å²) in [5.41, 5.74) is 19.6. The summed E-state index contributed by atoms with van der Waals surface area (Å²) >= 11 is 0. The van der Waals surface area contributed by atoms with Gasteiger partial charge in [0.1, 0.15) is 5.82 Å². The number of guanidine groups is 2. The number of aliphatic imine (C=N–C) groups is 1. The van der Waals surface area contributed by atoms with E-state index in [1.807, 2.05) is 55.5 Å². The molecule has 0 aliphatic heterocycles. The zero-order chi connectivity index (χ0) is 25.6. The molecule has 3 aromatic carbocycles. The van der Waals surface area contributed by atoms with Gasteiger partial charge in [-0.1, -0.05) is 18.2 Å². The van der Waals surface area contributed by atoms with Gasteiger partial charge in [-0.3, -0.25) is 10.4 Å². The number of benzene rings is 3. The van der Waals surface area contributed by atoms with Crippen molar-refractivity contribution in [2.75, 3.05) is 30.9 Å². The van der Waals surface area contributed by atoms with Gasteiger partial charge >= 0.3 is 0 Å². The standard InChI is InChI=1S/C27H29N9/c1-31-27(30)35(3)18-8-5-16(6-9-18)17-7-11-22-20(13-17)21(15-32-22)25-33-23-12-10-19(34(2)26(28)29)14-24(23)36(25)4/h5-15,32H,1-4H3,(H3,28,29)(H2,30,31). The number of nitrogens with zero attached hydrogens (tertiary/aromatic N) is 5. The summed E-state index contributed by atoms with van der Waals surface area (Å²) in [4.78, 5) is 15.8. The van der Waals surface area contributed by atoms with Crippen LogP contribution in [0.3, 0.4) is 0 Å². The lowest BCUT2D eigenvalue weighted by atomic mass is 10.0. The summed E-state index contributed by atoms with van der Waals surface area (Å²) in [6.45, 7) is 0. The van der Waals surface area contributed by atoms with Crippen molar-refractivity contribution in [3.05, 3.63) is 66.9 Å². The van der Waals surface area contributed by atoms with Crippen LogP contribution in [0.15, 0.2) is 71.9 Å². The van der Waals surface area contributed by atoms with E-state index >= 15 is 0 Å². The summed E-state index contributed by atoms with van der Waals surface area (Å²) < 4.78 is 2.08. The molecule has 0 saturated carbocycles. The van der Waals surface area contributed by atoms with Crippen LogP contribution in [0, 0.1) is 5.41 Å². The molecule has 2 heterocycles. The van der Waals surface area contributed by atoms with Gasteiger partial charge in [0.2, 0.25) is 0 Å². The Morgan fingerprint density at radius 3 is 2.33 bits per heavy atom. The third-order valence-corrected chi connectivity index (χ3v) is 6.70. The minimum absolute atomic E-state index is 0.0115. The highest BCUT2D eigenvalue weighted by atomic mass is 15.2. The lowest BCUT2D eigenvalue weighted by molar-refractivity contribution is 0.960. The van der Waals surface area contributed by atoms with Crippen molar-refractivity contribution >= 4 is 45.2 Å². The number of fused-ring (bicyclic) bond motifs is 2. The number of H-pyrrole nitrogens is 1. The molecule has 0 bridgehead atoms. The number of aromatic nitrogens is 3. The Bertz CT molecular complexity index is 1620. The van der Waals surface area contributed by atoms with E-state index in [1.54, 1.807) is 19.0 Å². The predicted molar refractivity (Wildman–Crippen MR) is 150 cm³/mol. The summed E-state index contributed by atoms with van der Waals surface area (Å²) in [5.74, 6) is 1.31. The number of anilines is 2. The number of nitrogens with one attached hydrogen (secondary N) is 2. The van der Waals surface area contributed by atoms with Crippen molar-refractivity contribution in [3.63, 3.8) is 0 Å². The molecule has 6 N–H and O–H groups in total. The van der Waals surface area contributed by atoms with Gasteiger partial charge in [-0.25, -0.2) is 4.98 Å². The molecule has 182 valence electrons. The molecular weight excluding hydrogens is 450 g/mol. The molecule has 0 aliphatic carbocycles. The normalized spacial score (nSPS) is 11.8. The second kappa shape index (κ2) is 8.77. The van der Waals surface area contributed by atoms with Gasteiger partial charge in [0.15, 0.2) is 11.9 Å². The van der Waals surface area contributed by atoms with E-state index in [1.165, 1.54) is 0 Å². The Kier molecular flexibility index (Phi) is 5.60. The largest absolute Gasteiger partial charge is 0.370 e. The van der Waals surface area contributed by atoms with E-state index in [0.29, 0.717) is 5.96 Å². The van der Waals surface area contributed by atoms with E-state index in [-0.39, 0.29) is 5.96 Å². The zero-order valence-corrected chi connectivity index (χ0v) is 20.7. The monoisotopic (exact) mass is 479 g/mol. The van der Waals surface area contributed by atoms with Gasteiger partial charge in [-0.05, 0) is 53.6 Å². The SMILES string of the molecule is CN=C(N)N(C)c1ccc(-c2ccc3[nH]cc(-c4nc5ccc(N(C)C(=N)N)cc5n4C)c3c2)cc1. The molecule has 0 atom stereocenters. The lowest BCUT2D eigenvalue weighted by Crippen LogP contribution is -2.33. The molecule has 0 spiro atoms. The number of rotatable bonds is 4. The van der Waals surface area contributed by atoms with Crippen LogP contribution in [-0.2, 0) is 7.05 Å². The molecule has 0 aliphatic rings. The van der Waals surface area contributed by atoms with Crippen LogP contribution in [0.4, 0.5) is 11.4 Å². The van der Waals surface area contributed by atoms with Crippen molar-refractivity contribution in [2.24, 2.45) is 23.5 Å². The van der Waals surface area contributed by atoms with E-state index in [0.717, 1.165) is 55.8 Å². The highest BCUT2D eigenvalue weighted by Gasteiger charge is 2.16. The van der Waals surface area contributed by atoms with Gasteiger partial charge in [-0.15, -0.1) is 0 Å². The molecule has 0 fully saturated rings. The van der Waals surface area contributed by atoms with Crippen LogP contribution >= 0.6 is 0 Å². The topological polar surface area (TPSA) is 128 Å². The Balaban J connectivity index is 1.55. The average molecular weight is 480 g/mol. The minimum atomic E-state index is -0.0115. The van der Waals surface area contributed by atoms with Crippen molar-refractivity contribution < 1.29 is 0 Å². The number of hydrogen-bond donors (Lipinski definition) is 4. The summed E-state index contributed by atoms with van der Waals surface area (Å²) in [6.07, 6.45) is 2.00. The summed E-state index contributed by atoms with van der Waals surface area (Å²) in [7, 11) is 7.36. The number of aryl methyl sites for hydroxylation is 1. The predicted octanol–water partition coefficient (Wildman–Crippen LogP) is 4.10. The van der Waals surface area contributed by atoms with Crippen LogP contribution in [0.1, 0.15) is 0 Å². The van der Waals surface area contributed by atoms with Gasteiger partial charge in [0.05, 0.1) is 11.0 Å². The molecule has 0 radical (unpaired) electrons. The molecule has 0 saturated heterocycles. The average Bonchev–Trinajstić information content (AvgIpc) is 3.47. The third-order valence-electron chi connectivity index (χ3n) is 6.70. The Morgan fingerprint density at radius 1 is 0.944 bits per heavy atom. The smallest absolute Gasteiger partial charge is 0.195 e. The lowest BCUT2D eigenvalue weighted by Gasteiger charge is -2.18. The first-order valence-corrected chi connectivity index (χ1v) is 11.5. The Labute approximate surface area is 209 Å². The molecule has 9 heteroatoms. The van der Waals surface area contributed by atoms with Crippen LogP contribution in [0.2, 0.25) is 0 Å². The second-order valence-corrected chi connectivity index (χ2v) is 8.76. The van der Waals surface area contributed by atoms with Crippen LogP contribution in [-0.4, -0.2) is 47.6 Å². The van der Waals surface area contributed by atoms with E-state index in [9.17, 15) is 0 Å². The maximum Gasteiger partial charge on any atom is 0.195 e. The first kappa shape index (κ1) is 23.0. The number of nitrogens with two attached hydrogens (primary N) is 2. The second-order valence-electron chi connectivity index (χ2n) is 8.76. The fourth-order valence-electron chi connectivity index (χ4n) is 4.41. The fourth-order valence-corrected chi connectivity index (χ4v) is 4.41. The number of imidazole rings is 1. The van der Waals surface area contributed by atoms with Crippen molar-refractivity contribution in [2.45, 2.75) is 0 Å². The highest BCUT2D eigenvalue weighted by molar-refractivity contribution is 5.99. The summed E-state index contributed by atoms with van der Waals surface area (Å²) in [5, 5.41) is 8.82. The van der Waals surface area contributed by atoms with E-state index in [2.05, 4.69) is 44.9 Å². The third kappa shape index (κ3) is 3.80.